The largest absolute Gasteiger partial charge is 0.480 e. The van der Waals surface area contributed by atoms with Crippen molar-refractivity contribution in [1.82, 2.24) is 4.34 Å². The Morgan fingerprint density at radius 3 is 2.70 bits per heavy atom. The lowest BCUT2D eigenvalue weighted by atomic mass is 10.2. The van der Waals surface area contributed by atoms with Gasteiger partial charge in [0.05, 0.1) is 0 Å². The van der Waals surface area contributed by atoms with Crippen molar-refractivity contribution in [2.24, 2.45) is 5.73 Å². The smallest absolute Gasteiger partial charge is 0.321 e. The average Bonchev–Trinajstić information content (AvgIpc) is 1.89. The minimum absolute atomic E-state index is 0.524. The number of carboxylic acids is 1. The molecule has 0 spiro atoms. The maximum atomic E-state index is 10.3. The van der Waals surface area contributed by atoms with E-state index in [2.05, 4.69) is 20.5 Å². The highest BCUT2D eigenvalue weighted by Gasteiger charge is 2.13. The van der Waals surface area contributed by atoms with Crippen LogP contribution in [-0.2, 0) is 4.79 Å². The fourth-order valence-corrected chi connectivity index (χ4v) is 0.971. The molecular weight excluding hydrogens is 200 g/mol. The van der Waals surface area contributed by atoms with Gasteiger partial charge in [-0.2, -0.15) is 0 Å². The molecule has 10 heavy (non-hydrogen) atoms. The summed E-state index contributed by atoms with van der Waals surface area (Å²) in [7, 11) is 0. The van der Waals surface area contributed by atoms with E-state index < -0.39 is 12.0 Å². The number of aliphatic carboxylic acids is 1. The van der Waals surface area contributed by atoms with Crippen LogP contribution in [0.4, 0.5) is 0 Å². The molecule has 4 nitrogen and oxygen atoms in total. The number of rotatable bonds is 5. The Hall–Kier alpha value is -0.130. The van der Waals surface area contributed by atoms with Crippen molar-refractivity contribution in [3.8, 4) is 0 Å². The van der Waals surface area contributed by atoms with E-state index in [1.54, 1.807) is 0 Å². The second-order valence-electron chi connectivity index (χ2n) is 1.93. The highest BCUT2D eigenvalue weighted by Crippen LogP contribution is 1.97. The predicted octanol–water partition coefficient (Wildman–Crippen LogP) is 0.0780. The molecule has 1 atom stereocenters. The minimum atomic E-state index is -0.856. The molecule has 0 aliphatic carbocycles. The number of hydrogen-bond donors (Lipinski definition) is 3. The Balaban J connectivity index is 3.50. The van der Waals surface area contributed by atoms with E-state index in [0.717, 1.165) is 6.42 Å². The third-order valence-electron chi connectivity index (χ3n) is 1.13. The van der Waals surface area contributed by atoms with Gasteiger partial charge in [-0.05, 0) is 19.4 Å². The van der Waals surface area contributed by atoms with E-state index in [9.17, 15) is 4.79 Å². The van der Waals surface area contributed by atoms with Crippen molar-refractivity contribution in [2.75, 3.05) is 6.54 Å². The summed E-state index contributed by atoms with van der Waals surface area (Å²) in [5.74, 6) is -0.856. The van der Waals surface area contributed by atoms with Crippen molar-refractivity contribution >= 4 is 22.1 Å². The molecule has 0 fully saturated rings. The first-order chi connectivity index (χ1) is 4.72. The van der Waals surface area contributed by atoms with Gasteiger partial charge in [0, 0.05) is 16.1 Å². The lowest BCUT2D eigenvalue weighted by molar-refractivity contribution is -0.139. The molecule has 0 unspecified atom stereocenters. The molecule has 0 bridgehead atoms. The summed E-state index contributed by atoms with van der Waals surface area (Å²) >= 11 is 2.87. The molecule has 4 N–H and O–H groups in total. The normalized spacial score (nSPS) is 13.0. The Kier molecular flexibility index (Phi) is 5.57. The Morgan fingerprint density at radius 2 is 2.40 bits per heavy atom. The van der Waals surface area contributed by atoms with Crippen molar-refractivity contribution < 1.29 is 9.90 Å². The highest BCUT2D eigenvalue weighted by atomic mass is 79.9. The lowest BCUT2D eigenvalue weighted by Crippen LogP contribution is -2.30. The van der Waals surface area contributed by atoms with Crippen molar-refractivity contribution in [3.63, 3.8) is 0 Å². The van der Waals surface area contributed by atoms with Crippen LogP contribution >= 0.6 is 16.1 Å². The first-order valence-corrected chi connectivity index (χ1v) is 3.80. The van der Waals surface area contributed by atoms with E-state index in [-0.39, 0.29) is 0 Å². The third kappa shape index (κ3) is 3.81. The number of carbonyl (C=O) groups is 1. The monoisotopic (exact) mass is 210 g/mol. The van der Waals surface area contributed by atoms with Crippen LogP contribution in [0, 0.1) is 0 Å². The molecule has 0 aliphatic heterocycles. The summed E-state index contributed by atoms with van der Waals surface area (Å²) in [6.07, 6.45) is 1.27. The quantitative estimate of drug-likeness (QED) is 0.563. The van der Waals surface area contributed by atoms with Crippen LogP contribution in [0.3, 0.4) is 0 Å². The number of carboxylic acid groups (broad SMARTS) is 1. The van der Waals surface area contributed by atoms with Gasteiger partial charge in [0.2, 0.25) is 0 Å². The Morgan fingerprint density at radius 1 is 1.80 bits per heavy atom. The maximum absolute atomic E-state index is 10.3. The fraction of sp³-hybridized carbons (Fsp3) is 0.800. The van der Waals surface area contributed by atoms with Gasteiger partial charge in [0.1, 0.15) is 6.04 Å². The minimum Gasteiger partial charge on any atom is -0.480 e. The number of nitrogens with two attached hydrogens (primary N) is 1. The van der Waals surface area contributed by atoms with Crippen LogP contribution in [0.25, 0.3) is 0 Å². The second-order valence-corrected chi connectivity index (χ2v) is 2.39. The van der Waals surface area contributed by atoms with Crippen LogP contribution in [0.5, 0.6) is 0 Å². The highest BCUT2D eigenvalue weighted by molar-refractivity contribution is 9.08. The molecule has 0 aliphatic rings. The topological polar surface area (TPSA) is 75.3 Å². The zero-order valence-corrected chi connectivity index (χ0v) is 7.10. The molecule has 0 radical (unpaired) electrons. The molecule has 0 amide bonds. The average molecular weight is 211 g/mol. The first kappa shape index (κ1) is 9.87. The van der Waals surface area contributed by atoms with E-state index in [1.165, 1.54) is 0 Å². The van der Waals surface area contributed by atoms with Gasteiger partial charge in [-0.25, -0.2) is 4.34 Å². The van der Waals surface area contributed by atoms with E-state index in [0.29, 0.717) is 13.0 Å². The summed E-state index contributed by atoms with van der Waals surface area (Å²) in [5, 5.41) is 8.47. The van der Waals surface area contributed by atoms with Crippen molar-refractivity contribution in [2.45, 2.75) is 18.9 Å². The van der Waals surface area contributed by atoms with Crippen LogP contribution in [0.2, 0.25) is 0 Å². The SMILES string of the molecule is NCCC[C@H](NBr)C(=O)O. The molecular formula is C5H11BrN2O2. The Labute approximate surface area is 68.1 Å². The van der Waals surface area contributed by atoms with Gasteiger partial charge in [-0.1, -0.05) is 0 Å². The second kappa shape index (κ2) is 5.64. The van der Waals surface area contributed by atoms with Gasteiger partial charge < -0.3 is 10.8 Å². The van der Waals surface area contributed by atoms with Gasteiger partial charge in [-0.15, -0.1) is 0 Å². The van der Waals surface area contributed by atoms with Crippen molar-refractivity contribution in [1.29, 1.82) is 0 Å². The standard InChI is InChI=1S/C5H11BrN2O2/c6-8-4(5(9)10)2-1-3-7/h4,8H,1-3,7H2,(H,9,10)/t4-/m0/s1. The van der Waals surface area contributed by atoms with Gasteiger partial charge in [-0.3, -0.25) is 4.79 Å². The Bertz CT molecular complexity index is 110. The number of hydrogen-bond acceptors (Lipinski definition) is 3. The lowest BCUT2D eigenvalue weighted by Gasteiger charge is -2.07. The molecule has 0 saturated heterocycles. The summed E-state index contributed by atoms with van der Waals surface area (Å²) in [5.41, 5.74) is 5.20. The number of nitrogens with one attached hydrogen (secondary N) is 1. The van der Waals surface area contributed by atoms with Crippen LogP contribution in [-0.4, -0.2) is 23.7 Å². The summed E-state index contributed by atoms with van der Waals surface area (Å²) in [6, 6.07) is -0.524. The van der Waals surface area contributed by atoms with E-state index in [1.807, 2.05) is 0 Å². The molecule has 0 rings (SSSR count). The molecule has 0 saturated carbocycles. The molecule has 0 aromatic heterocycles. The van der Waals surface area contributed by atoms with Crippen LogP contribution in [0.15, 0.2) is 0 Å². The predicted molar refractivity (Wildman–Crippen MR) is 41.8 cm³/mol. The number of halogens is 1. The molecule has 0 heterocycles. The summed E-state index contributed by atoms with van der Waals surface area (Å²) in [6.45, 7) is 0.526. The molecule has 5 heteroatoms. The molecule has 0 aromatic carbocycles. The first-order valence-electron chi connectivity index (χ1n) is 3.01. The maximum Gasteiger partial charge on any atom is 0.321 e. The summed E-state index contributed by atoms with van der Waals surface area (Å²) < 4.78 is 2.49. The molecule has 0 aromatic rings. The fourth-order valence-electron chi connectivity index (χ4n) is 0.547. The van der Waals surface area contributed by atoms with E-state index in [4.69, 9.17) is 10.8 Å². The molecule has 60 valence electrons. The van der Waals surface area contributed by atoms with E-state index >= 15 is 0 Å². The summed E-state index contributed by atoms with van der Waals surface area (Å²) in [4.78, 5) is 10.3. The van der Waals surface area contributed by atoms with Gasteiger partial charge in [0.25, 0.3) is 0 Å². The van der Waals surface area contributed by atoms with Crippen LogP contribution in [0.1, 0.15) is 12.8 Å². The van der Waals surface area contributed by atoms with Crippen molar-refractivity contribution in [3.05, 3.63) is 0 Å². The van der Waals surface area contributed by atoms with Crippen LogP contribution < -0.4 is 10.1 Å². The van der Waals surface area contributed by atoms with Gasteiger partial charge in [0.15, 0.2) is 0 Å². The zero-order chi connectivity index (χ0) is 7.98. The third-order valence-corrected chi connectivity index (χ3v) is 1.68. The zero-order valence-electron chi connectivity index (χ0n) is 5.51. The van der Waals surface area contributed by atoms with Gasteiger partial charge >= 0.3 is 5.97 Å².